The molecule has 1 aliphatic heterocycles. The molecule has 1 saturated heterocycles. The maximum absolute atomic E-state index is 12.7. The lowest BCUT2D eigenvalue weighted by Gasteiger charge is -2.35. The molecule has 2 aromatic carbocycles. The van der Waals surface area contributed by atoms with Crippen molar-refractivity contribution < 1.29 is 14.3 Å². The molecule has 0 atom stereocenters. The van der Waals surface area contributed by atoms with E-state index in [0.29, 0.717) is 65.6 Å². The van der Waals surface area contributed by atoms with Crippen LogP contribution in [-0.4, -0.2) is 54.7 Å². The van der Waals surface area contributed by atoms with E-state index in [2.05, 4.69) is 25.8 Å². The number of halogens is 2. The molecular formula is C25H26Cl2N6O3. The summed E-state index contributed by atoms with van der Waals surface area (Å²) in [4.78, 5) is 33.3. The smallest absolute Gasteiger partial charge is 0.323 e. The number of pyridine rings is 1. The molecule has 2 heterocycles. The van der Waals surface area contributed by atoms with Crippen LogP contribution in [0.2, 0.25) is 10.0 Å². The number of rotatable bonds is 6. The summed E-state index contributed by atoms with van der Waals surface area (Å²) in [6.45, 7) is 4.63. The number of piperazine rings is 1. The molecule has 4 amide bonds. The van der Waals surface area contributed by atoms with Crippen molar-refractivity contribution in [1.82, 2.24) is 9.88 Å². The normalized spacial score (nSPS) is 13.2. The van der Waals surface area contributed by atoms with Crippen LogP contribution in [0.15, 0.2) is 60.8 Å². The summed E-state index contributed by atoms with van der Waals surface area (Å²) in [7, 11) is 0. The number of benzene rings is 2. The molecule has 0 unspecified atom stereocenters. The number of carbonyl (C=O) groups excluding carboxylic acids is 2. The fourth-order valence-electron chi connectivity index (χ4n) is 3.72. The maximum atomic E-state index is 12.7. The topological polar surface area (TPSA) is 98.8 Å². The largest absolute Gasteiger partial charge is 0.492 e. The van der Waals surface area contributed by atoms with Crippen molar-refractivity contribution in [3.63, 3.8) is 0 Å². The third kappa shape index (κ3) is 6.30. The molecule has 4 rings (SSSR count). The number of nitrogens with zero attached hydrogens (tertiary/aromatic N) is 3. The molecule has 0 saturated carbocycles. The number of amides is 4. The molecule has 9 nitrogen and oxygen atoms in total. The Labute approximate surface area is 219 Å². The summed E-state index contributed by atoms with van der Waals surface area (Å²) in [6.07, 6.45) is 1.60. The highest BCUT2D eigenvalue weighted by Crippen LogP contribution is 2.30. The number of carbonyl (C=O) groups is 2. The first-order valence-corrected chi connectivity index (χ1v) is 12.2. The Morgan fingerprint density at radius 2 is 1.64 bits per heavy atom. The second kappa shape index (κ2) is 11.8. The van der Waals surface area contributed by atoms with Gasteiger partial charge in [0.2, 0.25) is 0 Å². The van der Waals surface area contributed by atoms with Gasteiger partial charge in [0.05, 0.1) is 39.9 Å². The lowest BCUT2D eigenvalue weighted by molar-refractivity contribution is 0.208. The van der Waals surface area contributed by atoms with E-state index in [-0.39, 0.29) is 6.03 Å². The Bertz CT molecular complexity index is 1200. The zero-order valence-corrected chi connectivity index (χ0v) is 21.1. The second-order valence-electron chi connectivity index (χ2n) is 7.91. The van der Waals surface area contributed by atoms with Crippen molar-refractivity contribution in [2.75, 3.05) is 53.6 Å². The van der Waals surface area contributed by atoms with Gasteiger partial charge in [0.15, 0.2) is 0 Å². The van der Waals surface area contributed by atoms with E-state index in [0.717, 1.165) is 5.82 Å². The van der Waals surface area contributed by atoms with Gasteiger partial charge in [-0.3, -0.25) is 0 Å². The number of hydrogen-bond donors (Lipinski definition) is 3. The first kappa shape index (κ1) is 25.4. The standard InChI is InChI=1S/C25H26Cl2N6O3/c1-2-36-21-9-4-3-8-20(21)30-24(34)29-17-10-11-22(28-16-17)32-12-14-33(15-13-32)25(35)31-23-18(26)6-5-7-19(23)27/h3-11,16H,2,12-15H2,1H3,(H,31,35)(H2,29,30,34). The van der Waals surface area contributed by atoms with Gasteiger partial charge in [-0.25, -0.2) is 14.6 Å². The number of hydrogen-bond acceptors (Lipinski definition) is 5. The summed E-state index contributed by atoms with van der Waals surface area (Å²) in [5, 5.41) is 9.13. The molecule has 0 radical (unpaired) electrons. The highest BCUT2D eigenvalue weighted by molar-refractivity contribution is 6.39. The summed E-state index contributed by atoms with van der Waals surface area (Å²) in [6, 6.07) is 15.3. The van der Waals surface area contributed by atoms with Gasteiger partial charge < -0.3 is 30.5 Å². The number of urea groups is 2. The van der Waals surface area contributed by atoms with Gasteiger partial charge in [0.1, 0.15) is 11.6 Å². The molecule has 1 aromatic heterocycles. The molecule has 0 bridgehead atoms. The molecule has 3 aromatic rings. The van der Waals surface area contributed by atoms with Crippen LogP contribution in [0.25, 0.3) is 0 Å². The van der Waals surface area contributed by atoms with E-state index in [1.807, 2.05) is 25.1 Å². The summed E-state index contributed by atoms with van der Waals surface area (Å²) in [5.74, 6) is 1.36. The SMILES string of the molecule is CCOc1ccccc1NC(=O)Nc1ccc(N2CCN(C(=O)Nc3c(Cl)cccc3Cl)CC2)nc1. The van der Waals surface area contributed by atoms with Gasteiger partial charge in [-0.05, 0) is 43.3 Å². The Balaban J connectivity index is 1.28. The zero-order valence-electron chi connectivity index (χ0n) is 19.6. The van der Waals surface area contributed by atoms with Gasteiger partial charge in [0.25, 0.3) is 0 Å². The third-order valence-corrected chi connectivity index (χ3v) is 6.16. The quantitative estimate of drug-likeness (QED) is 0.376. The number of anilines is 4. The predicted molar refractivity (Wildman–Crippen MR) is 144 cm³/mol. The third-order valence-electron chi connectivity index (χ3n) is 5.53. The predicted octanol–water partition coefficient (Wildman–Crippen LogP) is 5.79. The van der Waals surface area contributed by atoms with E-state index in [1.165, 1.54) is 0 Å². The molecule has 1 fully saturated rings. The highest BCUT2D eigenvalue weighted by atomic mass is 35.5. The monoisotopic (exact) mass is 528 g/mol. The van der Waals surface area contributed by atoms with Crippen molar-refractivity contribution in [3.05, 3.63) is 70.8 Å². The van der Waals surface area contributed by atoms with E-state index < -0.39 is 6.03 Å². The Kier molecular flexibility index (Phi) is 8.35. The van der Waals surface area contributed by atoms with Crippen molar-refractivity contribution in [2.45, 2.75) is 6.92 Å². The lowest BCUT2D eigenvalue weighted by atomic mass is 10.3. The van der Waals surface area contributed by atoms with Crippen molar-refractivity contribution in [2.24, 2.45) is 0 Å². The fraction of sp³-hybridized carbons (Fsp3) is 0.240. The highest BCUT2D eigenvalue weighted by Gasteiger charge is 2.23. The second-order valence-corrected chi connectivity index (χ2v) is 8.73. The summed E-state index contributed by atoms with van der Waals surface area (Å²) < 4.78 is 5.53. The van der Waals surface area contributed by atoms with Crippen LogP contribution in [0.3, 0.4) is 0 Å². The Morgan fingerprint density at radius 1 is 0.917 bits per heavy atom. The summed E-state index contributed by atoms with van der Waals surface area (Å²) in [5.41, 5.74) is 1.54. The Hall–Kier alpha value is -3.69. The molecular weight excluding hydrogens is 503 g/mol. The molecule has 11 heteroatoms. The average molecular weight is 529 g/mol. The molecule has 1 aliphatic rings. The first-order valence-electron chi connectivity index (χ1n) is 11.5. The maximum Gasteiger partial charge on any atom is 0.323 e. The van der Waals surface area contributed by atoms with Gasteiger partial charge in [-0.1, -0.05) is 41.4 Å². The first-order chi connectivity index (χ1) is 17.4. The van der Waals surface area contributed by atoms with Crippen molar-refractivity contribution in [3.8, 4) is 5.75 Å². The van der Waals surface area contributed by atoms with Gasteiger partial charge >= 0.3 is 12.1 Å². The van der Waals surface area contributed by atoms with Crippen LogP contribution < -0.4 is 25.6 Å². The van der Waals surface area contributed by atoms with E-state index in [4.69, 9.17) is 27.9 Å². The van der Waals surface area contributed by atoms with Crippen molar-refractivity contribution in [1.29, 1.82) is 0 Å². The Morgan fingerprint density at radius 3 is 2.31 bits per heavy atom. The molecule has 3 N–H and O–H groups in total. The number of para-hydroxylation sites is 3. The van der Waals surface area contributed by atoms with Crippen LogP contribution >= 0.6 is 23.2 Å². The minimum Gasteiger partial charge on any atom is -0.492 e. The fourth-order valence-corrected chi connectivity index (χ4v) is 4.22. The van der Waals surface area contributed by atoms with Gasteiger partial charge in [-0.2, -0.15) is 0 Å². The zero-order chi connectivity index (χ0) is 25.5. The molecule has 36 heavy (non-hydrogen) atoms. The molecule has 0 aliphatic carbocycles. The van der Waals surface area contributed by atoms with Crippen LogP contribution in [-0.2, 0) is 0 Å². The van der Waals surface area contributed by atoms with E-state index in [9.17, 15) is 9.59 Å². The minimum absolute atomic E-state index is 0.255. The van der Waals surface area contributed by atoms with E-state index in [1.54, 1.807) is 47.5 Å². The number of ether oxygens (including phenoxy) is 1. The van der Waals surface area contributed by atoms with Gasteiger partial charge in [0, 0.05) is 26.2 Å². The van der Waals surface area contributed by atoms with Crippen LogP contribution in [0.4, 0.5) is 32.5 Å². The van der Waals surface area contributed by atoms with Crippen LogP contribution in [0.5, 0.6) is 5.75 Å². The van der Waals surface area contributed by atoms with Crippen LogP contribution in [0.1, 0.15) is 6.92 Å². The van der Waals surface area contributed by atoms with Crippen molar-refractivity contribution >= 4 is 58.1 Å². The number of aromatic nitrogens is 1. The molecule has 188 valence electrons. The summed E-state index contributed by atoms with van der Waals surface area (Å²) >= 11 is 12.3. The minimum atomic E-state index is -0.394. The molecule has 0 spiro atoms. The van der Waals surface area contributed by atoms with Gasteiger partial charge in [-0.15, -0.1) is 0 Å². The van der Waals surface area contributed by atoms with E-state index >= 15 is 0 Å². The number of nitrogens with one attached hydrogen (secondary N) is 3. The average Bonchev–Trinajstić information content (AvgIpc) is 2.88. The lowest BCUT2D eigenvalue weighted by Crippen LogP contribution is -2.50. The van der Waals surface area contributed by atoms with Crippen LogP contribution in [0, 0.1) is 0 Å².